The van der Waals surface area contributed by atoms with E-state index in [0.717, 1.165) is 41.7 Å². The number of hydrogen-bond acceptors (Lipinski definition) is 5. The molecular formula is C25H31F2N3O3. The molecule has 1 heterocycles. The molecule has 1 fully saturated rings. The lowest BCUT2D eigenvalue weighted by molar-refractivity contribution is -0.203. The second kappa shape index (κ2) is 12.3. The molecule has 1 saturated carbocycles. The summed E-state index contributed by atoms with van der Waals surface area (Å²) in [7, 11) is 1.42. The van der Waals surface area contributed by atoms with Crippen LogP contribution in [-0.2, 0) is 22.7 Å². The average Bonchev–Trinajstić information content (AvgIpc) is 2.83. The first-order valence-corrected chi connectivity index (χ1v) is 11.4. The maximum absolute atomic E-state index is 14.4. The van der Waals surface area contributed by atoms with E-state index in [-0.39, 0.29) is 11.7 Å². The summed E-state index contributed by atoms with van der Waals surface area (Å²) in [6.45, 7) is 0.707. The van der Waals surface area contributed by atoms with Crippen LogP contribution in [0.3, 0.4) is 0 Å². The Morgan fingerprint density at radius 3 is 2.52 bits per heavy atom. The van der Waals surface area contributed by atoms with Gasteiger partial charge in [0.2, 0.25) is 0 Å². The van der Waals surface area contributed by atoms with E-state index in [1.165, 1.54) is 25.6 Å². The fourth-order valence-electron chi connectivity index (χ4n) is 3.91. The smallest absolute Gasteiger partial charge is 0.425 e. The predicted molar refractivity (Wildman–Crippen MR) is 122 cm³/mol. The van der Waals surface area contributed by atoms with Crippen LogP contribution in [0.15, 0.2) is 53.9 Å². The first-order valence-electron chi connectivity index (χ1n) is 11.4. The number of carbonyl (C=O) groups is 1. The quantitative estimate of drug-likeness (QED) is 0.341. The molecule has 1 aromatic heterocycles. The summed E-state index contributed by atoms with van der Waals surface area (Å²) >= 11 is 0. The minimum Gasteiger partial charge on any atom is -0.425 e. The van der Waals surface area contributed by atoms with Gasteiger partial charge in [-0.05, 0) is 67.0 Å². The second-order valence-electron chi connectivity index (χ2n) is 8.41. The maximum atomic E-state index is 14.4. The summed E-state index contributed by atoms with van der Waals surface area (Å²) < 4.78 is 33.6. The Labute approximate surface area is 193 Å². The summed E-state index contributed by atoms with van der Waals surface area (Å²) in [4.78, 5) is 22.5. The summed E-state index contributed by atoms with van der Waals surface area (Å²) in [5.41, 5.74) is 1.92. The fraction of sp³-hybridized carbons (Fsp3) is 0.480. The minimum absolute atomic E-state index is 0.0440. The number of aryl methyl sites for hydroxylation is 1. The maximum Gasteiger partial charge on any atom is 0.482 e. The Balaban J connectivity index is 1.41. The van der Waals surface area contributed by atoms with E-state index >= 15 is 0 Å². The van der Waals surface area contributed by atoms with Gasteiger partial charge in [0.25, 0.3) is 0 Å². The Bertz CT molecular complexity index is 886. The van der Waals surface area contributed by atoms with E-state index in [9.17, 15) is 13.6 Å². The Hall–Kier alpha value is -3.03. The van der Waals surface area contributed by atoms with E-state index < -0.39 is 12.0 Å². The molecule has 1 aliphatic rings. The van der Waals surface area contributed by atoms with Crippen molar-refractivity contribution in [1.82, 2.24) is 9.88 Å². The molecule has 0 saturated heterocycles. The molecule has 1 aliphatic carbocycles. The van der Waals surface area contributed by atoms with Gasteiger partial charge in [0.05, 0.1) is 0 Å². The number of pyridine rings is 1. The molecule has 6 nitrogen and oxygen atoms in total. The molecule has 0 atom stereocenters. The number of likely N-dealkylation sites (N-methyl/N-ethyl adjacent to an activating group) is 1. The van der Waals surface area contributed by atoms with E-state index in [0.29, 0.717) is 26.0 Å². The van der Waals surface area contributed by atoms with Gasteiger partial charge in [-0.3, -0.25) is 9.78 Å². The number of hydrogen-bond donors (Lipinski definition) is 0. The molecule has 2 aromatic rings. The topological polar surface area (TPSA) is 64.0 Å². The van der Waals surface area contributed by atoms with Crippen LogP contribution in [0.5, 0.6) is 5.75 Å². The van der Waals surface area contributed by atoms with Gasteiger partial charge in [-0.25, -0.2) is 0 Å². The molecule has 0 N–H and O–H groups in total. The number of carbonyl (C=O) groups excluding carboxylic acids is 1. The second-order valence-corrected chi connectivity index (χ2v) is 8.41. The Kier molecular flexibility index (Phi) is 9.15. The van der Waals surface area contributed by atoms with E-state index in [1.807, 2.05) is 12.1 Å². The van der Waals surface area contributed by atoms with Crippen LogP contribution < -0.4 is 4.74 Å². The van der Waals surface area contributed by atoms with E-state index in [4.69, 9.17) is 9.57 Å². The molecule has 1 amide bonds. The number of halogens is 2. The fourth-order valence-corrected chi connectivity index (χ4v) is 3.91. The van der Waals surface area contributed by atoms with Crippen molar-refractivity contribution in [3.63, 3.8) is 0 Å². The minimum atomic E-state index is -3.90. The molecule has 0 unspecified atom stereocenters. The van der Waals surface area contributed by atoms with Gasteiger partial charge in [-0.1, -0.05) is 36.6 Å². The van der Waals surface area contributed by atoms with Gasteiger partial charge in [-0.15, -0.1) is 0 Å². The molecule has 0 radical (unpaired) electrons. The van der Waals surface area contributed by atoms with Gasteiger partial charge >= 0.3 is 12.0 Å². The van der Waals surface area contributed by atoms with Crippen molar-refractivity contribution in [3.8, 4) is 5.75 Å². The van der Waals surface area contributed by atoms with Crippen molar-refractivity contribution in [2.75, 3.05) is 13.6 Å². The number of nitrogens with zero attached hydrogens (tertiary/aromatic N) is 3. The molecule has 178 valence electrons. The molecule has 1 aromatic carbocycles. The SMILES string of the molecule is CN(CC1CCCCC1)C(=O)C(F)(F)Oc1ccc(CCC=NOCc2ccncc2)cc1. The predicted octanol–water partition coefficient (Wildman–Crippen LogP) is 5.23. The summed E-state index contributed by atoms with van der Waals surface area (Å²) in [5.74, 6) is -1.06. The number of rotatable bonds is 11. The highest BCUT2D eigenvalue weighted by Crippen LogP contribution is 2.27. The van der Waals surface area contributed by atoms with Crippen molar-refractivity contribution in [2.45, 2.75) is 57.7 Å². The standard InChI is InChI=1S/C25H31F2N3O3/c1-30(18-21-6-3-2-4-7-21)24(31)25(26,27)33-23-11-9-20(10-12-23)8-5-15-29-32-19-22-13-16-28-17-14-22/h9-17,21H,2-8,18-19H2,1H3. The van der Waals surface area contributed by atoms with Crippen molar-refractivity contribution in [3.05, 3.63) is 59.9 Å². The van der Waals surface area contributed by atoms with Gasteiger partial charge in [0, 0.05) is 32.2 Å². The largest absolute Gasteiger partial charge is 0.482 e. The van der Waals surface area contributed by atoms with Crippen molar-refractivity contribution in [1.29, 1.82) is 0 Å². The highest BCUT2D eigenvalue weighted by atomic mass is 19.3. The van der Waals surface area contributed by atoms with Gasteiger partial charge in [0.15, 0.2) is 0 Å². The zero-order chi connectivity index (χ0) is 23.5. The zero-order valence-electron chi connectivity index (χ0n) is 19.0. The lowest BCUT2D eigenvalue weighted by atomic mass is 9.89. The summed E-state index contributed by atoms with van der Waals surface area (Å²) in [6.07, 6.45) is 7.78. The molecule has 3 rings (SSSR count). The van der Waals surface area contributed by atoms with Crippen molar-refractivity contribution >= 4 is 12.1 Å². The van der Waals surface area contributed by atoms with Crippen LogP contribution in [0.4, 0.5) is 8.78 Å². The van der Waals surface area contributed by atoms with Gasteiger partial charge < -0.3 is 14.5 Å². The lowest BCUT2D eigenvalue weighted by Crippen LogP contribution is -2.46. The Morgan fingerprint density at radius 2 is 1.82 bits per heavy atom. The number of ether oxygens (including phenoxy) is 1. The molecule has 8 heteroatoms. The van der Waals surface area contributed by atoms with Crippen LogP contribution in [0.25, 0.3) is 0 Å². The van der Waals surface area contributed by atoms with Crippen LogP contribution in [-0.4, -0.2) is 41.7 Å². The van der Waals surface area contributed by atoms with Gasteiger partial charge in [-0.2, -0.15) is 8.78 Å². The molecule has 0 aliphatic heterocycles. The normalized spacial score (nSPS) is 14.9. The number of alkyl halides is 2. The zero-order valence-corrected chi connectivity index (χ0v) is 19.0. The number of benzene rings is 1. The van der Waals surface area contributed by atoms with Crippen molar-refractivity contribution < 1.29 is 23.1 Å². The number of oxime groups is 1. The molecular weight excluding hydrogens is 428 g/mol. The summed E-state index contributed by atoms with van der Waals surface area (Å²) in [6, 6.07) is 10.0. The van der Waals surface area contributed by atoms with Crippen LogP contribution in [0.1, 0.15) is 49.7 Å². The highest BCUT2D eigenvalue weighted by molar-refractivity contribution is 5.82. The van der Waals surface area contributed by atoms with Crippen molar-refractivity contribution in [2.24, 2.45) is 11.1 Å². The van der Waals surface area contributed by atoms with Crippen LogP contribution >= 0.6 is 0 Å². The third-order valence-corrected chi connectivity index (χ3v) is 5.71. The molecule has 0 bridgehead atoms. The number of amides is 1. The first-order chi connectivity index (χ1) is 15.9. The van der Waals surface area contributed by atoms with E-state index in [2.05, 4.69) is 10.1 Å². The van der Waals surface area contributed by atoms with Crippen LogP contribution in [0, 0.1) is 5.92 Å². The monoisotopic (exact) mass is 459 g/mol. The summed E-state index contributed by atoms with van der Waals surface area (Å²) in [5, 5.41) is 3.91. The average molecular weight is 460 g/mol. The molecule has 0 spiro atoms. The lowest BCUT2D eigenvalue weighted by Gasteiger charge is -2.29. The van der Waals surface area contributed by atoms with Gasteiger partial charge in [0.1, 0.15) is 12.4 Å². The first kappa shape index (κ1) is 24.6. The molecule has 33 heavy (non-hydrogen) atoms. The third-order valence-electron chi connectivity index (χ3n) is 5.71. The Morgan fingerprint density at radius 1 is 1.12 bits per heavy atom. The highest BCUT2D eigenvalue weighted by Gasteiger charge is 2.44. The number of aromatic nitrogens is 1. The third kappa shape index (κ3) is 8.11. The van der Waals surface area contributed by atoms with E-state index in [1.54, 1.807) is 30.7 Å². The van der Waals surface area contributed by atoms with Crippen LogP contribution in [0.2, 0.25) is 0 Å².